The van der Waals surface area contributed by atoms with Crippen molar-refractivity contribution >= 4 is 11.6 Å². The molecule has 3 heterocycles. The molecule has 0 saturated carbocycles. The predicted octanol–water partition coefficient (Wildman–Crippen LogP) is 1.99. The number of carbonyl (C=O) groups is 1. The zero-order valence-corrected chi connectivity index (χ0v) is 14.9. The third-order valence-corrected chi connectivity index (χ3v) is 4.43. The molecular weight excluding hydrogens is 346 g/mol. The first kappa shape index (κ1) is 17.2. The van der Waals surface area contributed by atoms with Gasteiger partial charge in [0.15, 0.2) is 0 Å². The van der Waals surface area contributed by atoms with Crippen LogP contribution in [0.3, 0.4) is 0 Å². The lowest BCUT2D eigenvalue weighted by Crippen LogP contribution is -2.50. The van der Waals surface area contributed by atoms with Crippen LogP contribution in [0.15, 0.2) is 53.3 Å². The number of benzene rings is 1. The number of ether oxygens (including phenoxy) is 1. The molecule has 1 amide bonds. The first-order chi connectivity index (χ1) is 13.2. The van der Waals surface area contributed by atoms with Gasteiger partial charge in [-0.25, -0.2) is 0 Å². The lowest BCUT2D eigenvalue weighted by Gasteiger charge is -2.33. The molecule has 0 N–H and O–H groups in total. The molecule has 1 aromatic carbocycles. The number of hydrogen-bond acceptors (Lipinski definition) is 7. The Morgan fingerprint density at radius 2 is 2.04 bits per heavy atom. The topological polar surface area (TPSA) is 84.6 Å². The van der Waals surface area contributed by atoms with Gasteiger partial charge < -0.3 is 14.2 Å². The highest BCUT2D eigenvalue weighted by atomic mass is 16.5. The molecule has 0 radical (unpaired) electrons. The number of pyridine rings is 1. The Bertz CT molecular complexity index is 928. The minimum atomic E-state index is 0.0309. The second-order valence-electron chi connectivity index (χ2n) is 6.21. The highest BCUT2D eigenvalue weighted by Gasteiger charge is 2.26. The van der Waals surface area contributed by atoms with Gasteiger partial charge in [-0.2, -0.15) is 4.98 Å². The number of carbonyl (C=O) groups excluding carboxylic acids is 1. The van der Waals surface area contributed by atoms with Gasteiger partial charge in [0.1, 0.15) is 5.75 Å². The number of rotatable bonds is 5. The quantitative estimate of drug-likeness (QED) is 0.683. The Balaban J connectivity index is 1.40. The van der Waals surface area contributed by atoms with Gasteiger partial charge in [0.05, 0.1) is 20.2 Å². The highest BCUT2D eigenvalue weighted by Crippen LogP contribution is 2.23. The van der Waals surface area contributed by atoms with E-state index in [0.717, 1.165) is 23.5 Å². The van der Waals surface area contributed by atoms with E-state index in [0.29, 0.717) is 31.3 Å². The summed E-state index contributed by atoms with van der Waals surface area (Å²) in [5.74, 6) is 1.78. The first-order valence-corrected chi connectivity index (χ1v) is 8.63. The average molecular weight is 365 g/mol. The van der Waals surface area contributed by atoms with E-state index in [1.165, 1.54) is 0 Å². The van der Waals surface area contributed by atoms with Crippen molar-refractivity contribution in [2.24, 2.45) is 0 Å². The van der Waals surface area contributed by atoms with Crippen molar-refractivity contribution in [3.8, 4) is 17.1 Å². The maximum absolute atomic E-state index is 12.6. The van der Waals surface area contributed by atoms with Gasteiger partial charge in [0.25, 0.3) is 0 Å². The van der Waals surface area contributed by atoms with Crippen molar-refractivity contribution < 1.29 is 14.1 Å². The third-order valence-electron chi connectivity index (χ3n) is 4.43. The predicted molar refractivity (Wildman–Crippen MR) is 98.2 cm³/mol. The van der Waals surface area contributed by atoms with Gasteiger partial charge in [-0.15, -0.1) is 0 Å². The van der Waals surface area contributed by atoms with Crippen LogP contribution in [-0.2, 0) is 11.3 Å². The average Bonchev–Trinajstić information content (AvgIpc) is 3.17. The van der Waals surface area contributed by atoms with Gasteiger partial charge in [-0.1, -0.05) is 11.2 Å². The largest absolute Gasteiger partial charge is 0.497 e. The van der Waals surface area contributed by atoms with Crippen LogP contribution >= 0.6 is 0 Å². The summed E-state index contributed by atoms with van der Waals surface area (Å²) in [6, 6.07) is 11.2. The molecule has 0 bridgehead atoms. The monoisotopic (exact) mass is 365 g/mol. The SMILES string of the molecule is COc1cccc(N2CCN(Cc3nc(-c4ccncc4)no3)CC2=O)c1. The fourth-order valence-corrected chi connectivity index (χ4v) is 3.04. The summed E-state index contributed by atoms with van der Waals surface area (Å²) >= 11 is 0. The van der Waals surface area contributed by atoms with E-state index in [1.807, 2.05) is 41.3 Å². The third kappa shape index (κ3) is 3.80. The summed E-state index contributed by atoms with van der Waals surface area (Å²) < 4.78 is 10.6. The molecule has 8 heteroatoms. The second kappa shape index (κ2) is 7.55. The van der Waals surface area contributed by atoms with E-state index in [4.69, 9.17) is 9.26 Å². The standard InChI is InChI=1S/C19H19N5O3/c1-26-16-4-2-3-15(11-16)24-10-9-23(13-18(24)25)12-17-21-19(22-27-17)14-5-7-20-8-6-14/h2-8,11H,9-10,12-13H2,1H3. The smallest absolute Gasteiger partial charge is 0.241 e. The molecule has 1 fully saturated rings. The fraction of sp³-hybridized carbons (Fsp3) is 0.263. The molecule has 27 heavy (non-hydrogen) atoms. The van der Waals surface area contributed by atoms with Gasteiger partial charge >= 0.3 is 0 Å². The number of aromatic nitrogens is 3. The summed E-state index contributed by atoms with van der Waals surface area (Å²) in [5.41, 5.74) is 1.69. The van der Waals surface area contributed by atoms with Crippen molar-refractivity contribution in [2.45, 2.75) is 6.54 Å². The van der Waals surface area contributed by atoms with Crippen molar-refractivity contribution in [1.82, 2.24) is 20.0 Å². The number of piperazine rings is 1. The van der Waals surface area contributed by atoms with Gasteiger partial charge in [-0.3, -0.25) is 14.7 Å². The summed E-state index contributed by atoms with van der Waals surface area (Å²) in [7, 11) is 1.61. The number of methoxy groups -OCH3 is 1. The summed E-state index contributed by atoms with van der Waals surface area (Å²) in [6.07, 6.45) is 3.36. The molecule has 2 aromatic heterocycles. The zero-order valence-electron chi connectivity index (χ0n) is 14.9. The first-order valence-electron chi connectivity index (χ1n) is 8.63. The molecule has 0 unspecified atom stereocenters. The van der Waals surface area contributed by atoms with Crippen molar-refractivity contribution in [1.29, 1.82) is 0 Å². The van der Waals surface area contributed by atoms with Crippen LogP contribution in [0.4, 0.5) is 5.69 Å². The molecule has 8 nitrogen and oxygen atoms in total. The van der Waals surface area contributed by atoms with Crippen molar-refractivity contribution in [3.63, 3.8) is 0 Å². The van der Waals surface area contributed by atoms with Crippen LogP contribution < -0.4 is 9.64 Å². The molecule has 3 aromatic rings. The normalized spacial score (nSPS) is 15.1. The second-order valence-corrected chi connectivity index (χ2v) is 6.21. The van der Waals surface area contributed by atoms with Crippen molar-refractivity contribution in [3.05, 3.63) is 54.7 Å². The fourth-order valence-electron chi connectivity index (χ4n) is 3.04. The number of anilines is 1. The van der Waals surface area contributed by atoms with E-state index in [9.17, 15) is 4.79 Å². The van der Waals surface area contributed by atoms with Crippen LogP contribution in [0.1, 0.15) is 5.89 Å². The van der Waals surface area contributed by atoms with Gasteiger partial charge in [0.2, 0.25) is 17.6 Å². The van der Waals surface area contributed by atoms with Crippen LogP contribution in [0, 0.1) is 0 Å². The molecule has 1 aliphatic heterocycles. The van der Waals surface area contributed by atoms with E-state index in [2.05, 4.69) is 15.1 Å². The van der Waals surface area contributed by atoms with E-state index < -0.39 is 0 Å². The van der Waals surface area contributed by atoms with Gasteiger partial charge in [0, 0.05) is 42.8 Å². The molecule has 1 saturated heterocycles. The lowest BCUT2D eigenvalue weighted by atomic mass is 10.2. The minimum Gasteiger partial charge on any atom is -0.497 e. The summed E-state index contributed by atoms with van der Waals surface area (Å²) in [4.78, 5) is 24.8. The maximum atomic E-state index is 12.6. The Morgan fingerprint density at radius 3 is 2.81 bits per heavy atom. The van der Waals surface area contributed by atoms with E-state index in [-0.39, 0.29) is 5.91 Å². The van der Waals surface area contributed by atoms with Crippen LogP contribution in [-0.4, -0.2) is 52.7 Å². The molecule has 0 aliphatic carbocycles. The molecule has 1 aliphatic rings. The number of amides is 1. The van der Waals surface area contributed by atoms with Crippen LogP contribution in [0.5, 0.6) is 5.75 Å². The van der Waals surface area contributed by atoms with E-state index in [1.54, 1.807) is 24.4 Å². The summed E-state index contributed by atoms with van der Waals surface area (Å²) in [6.45, 7) is 2.05. The Hall–Kier alpha value is -3.26. The molecule has 0 spiro atoms. The Labute approximate surface area is 156 Å². The molecule has 0 atom stereocenters. The van der Waals surface area contributed by atoms with Gasteiger partial charge in [-0.05, 0) is 24.3 Å². The van der Waals surface area contributed by atoms with Crippen LogP contribution in [0.25, 0.3) is 11.4 Å². The van der Waals surface area contributed by atoms with Crippen LogP contribution in [0.2, 0.25) is 0 Å². The van der Waals surface area contributed by atoms with Crippen molar-refractivity contribution in [2.75, 3.05) is 31.6 Å². The summed E-state index contributed by atoms with van der Waals surface area (Å²) in [5, 5.41) is 4.00. The Morgan fingerprint density at radius 1 is 1.19 bits per heavy atom. The molecular formula is C19H19N5O3. The minimum absolute atomic E-state index is 0.0309. The highest BCUT2D eigenvalue weighted by molar-refractivity contribution is 5.95. The zero-order chi connectivity index (χ0) is 18.6. The lowest BCUT2D eigenvalue weighted by molar-refractivity contribution is -0.121. The molecule has 4 rings (SSSR count). The number of nitrogens with zero attached hydrogens (tertiary/aromatic N) is 5. The molecule has 138 valence electrons. The Kier molecular flexibility index (Phi) is 4.80. The maximum Gasteiger partial charge on any atom is 0.241 e. The number of hydrogen-bond donors (Lipinski definition) is 0. The van der Waals surface area contributed by atoms with E-state index >= 15 is 0 Å².